The highest BCUT2D eigenvalue weighted by atomic mass is 79.9. The van der Waals surface area contributed by atoms with E-state index in [0.29, 0.717) is 11.5 Å². The van der Waals surface area contributed by atoms with Gasteiger partial charge in [-0.15, -0.1) is 0 Å². The van der Waals surface area contributed by atoms with Gasteiger partial charge in [0.25, 0.3) is 0 Å². The maximum absolute atomic E-state index is 14.0. The standard InChI is InChI=1S/C17H19BrFN/c1-11(2)8-12-4-3-5-13(9-12)17(20)15-7-6-14(18)10-16(15)19/h3-7,9-11,17H,8,20H2,1-2H3. The van der Waals surface area contributed by atoms with Crippen molar-refractivity contribution in [2.75, 3.05) is 0 Å². The van der Waals surface area contributed by atoms with Crippen molar-refractivity contribution < 1.29 is 4.39 Å². The number of benzene rings is 2. The Morgan fingerprint density at radius 1 is 1.15 bits per heavy atom. The highest BCUT2D eigenvalue weighted by Gasteiger charge is 2.14. The van der Waals surface area contributed by atoms with E-state index in [4.69, 9.17) is 5.73 Å². The molecule has 0 aliphatic carbocycles. The zero-order chi connectivity index (χ0) is 14.7. The largest absolute Gasteiger partial charge is 0.320 e. The van der Waals surface area contributed by atoms with Gasteiger partial charge in [-0.3, -0.25) is 0 Å². The van der Waals surface area contributed by atoms with Crippen molar-refractivity contribution in [1.29, 1.82) is 0 Å². The van der Waals surface area contributed by atoms with Crippen LogP contribution in [0.25, 0.3) is 0 Å². The fourth-order valence-corrected chi connectivity index (χ4v) is 2.65. The molecule has 20 heavy (non-hydrogen) atoms. The van der Waals surface area contributed by atoms with E-state index in [2.05, 4.69) is 41.9 Å². The van der Waals surface area contributed by atoms with Gasteiger partial charge in [0.2, 0.25) is 0 Å². The second-order valence-corrected chi connectivity index (χ2v) is 6.40. The molecule has 2 aromatic rings. The normalized spacial score (nSPS) is 12.7. The molecule has 0 aliphatic rings. The Bertz CT molecular complexity index is 595. The Morgan fingerprint density at radius 3 is 2.55 bits per heavy atom. The number of nitrogens with two attached hydrogens (primary N) is 1. The topological polar surface area (TPSA) is 26.0 Å². The lowest BCUT2D eigenvalue weighted by Crippen LogP contribution is -2.14. The van der Waals surface area contributed by atoms with Crippen LogP contribution in [0.5, 0.6) is 0 Å². The zero-order valence-corrected chi connectivity index (χ0v) is 13.3. The fourth-order valence-electron chi connectivity index (χ4n) is 2.32. The average molecular weight is 336 g/mol. The van der Waals surface area contributed by atoms with Gasteiger partial charge in [0, 0.05) is 10.0 Å². The van der Waals surface area contributed by atoms with Crippen molar-refractivity contribution >= 4 is 15.9 Å². The molecule has 1 nitrogen and oxygen atoms in total. The molecule has 0 aromatic heterocycles. The monoisotopic (exact) mass is 335 g/mol. The van der Waals surface area contributed by atoms with E-state index >= 15 is 0 Å². The summed E-state index contributed by atoms with van der Waals surface area (Å²) in [7, 11) is 0. The highest BCUT2D eigenvalue weighted by molar-refractivity contribution is 9.10. The molecule has 2 N–H and O–H groups in total. The first-order chi connectivity index (χ1) is 9.47. The van der Waals surface area contributed by atoms with Crippen molar-refractivity contribution in [2.45, 2.75) is 26.3 Å². The molecule has 2 rings (SSSR count). The summed E-state index contributed by atoms with van der Waals surface area (Å²) < 4.78 is 14.7. The molecule has 3 heteroatoms. The van der Waals surface area contributed by atoms with Crippen LogP contribution in [0.1, 0.15) is 36.6 Å². The van der Waals surface area contributed by atoms with E-state index in [-0.39, 0.29) is 5.82 Å². The highest BCUT2D eigenvalue weighted by Crippen LogP contribution is 2.25. The van der Waals surface area contributed by atoms with Gasteiger partial charge >= 0.3 is 0 Å². The molecule has 0 amide bonds. The summed E-state index contributed by atoms with van der Waals surface area (Å²) >= 11 is 3.26. The van der Waals surface area contributed by atoms with Crippen molar-refractivity contribution in [1.82, 2.24) is 0 Å². The summed E-state index contributed by atoms with van der Waals surface area (Å²) in [5, 5.41) is 0. The SMILES string of the molecule is CC(C)Cc1cccc(C(N)c2ccc(Br)cc2F)c1. The number of rotatable bonds is 4. The van der Waals surface area contributed by atoms with E-state index in [1.807, 2.05) is 18.2 Å². The second-order valence-electron chi connectivity index (χ2n) is 5.49. The fraction of sp³-hybridized carbons (Fsp3) is 0.294. The minimum Gasteiger partial charge on any atom is -0.320 e. The van der Waals surface area contributed by atoms with Gasteiger partial charge in [0.1, 0.15) is 5.82 Å². The molecule has 1 atom stereocenters. The summed E-state index contributed by atoms with van der Waals surface area (Å²) in [5.41, 5.74) is 8.92. The predicted molar refractivity (Wildman–Crippen MR) is 85.1 cm³/mol. The maximum Gasteiger partial charge on any atom is 0.129 e. The molecule has 2 aromatic carbocycles. The molecular weight excluding hydrogens is 317 g/mol. The Morgan fingerprint density at radius 2 is 1.90 bits per heavy atom. The van der Waals surface area contributed by atoms with Crippen LogP contribution in [-0.2, 0) is 6.42 Å². The molecule has 106 valence electrons. The Labute approximate surface area is 128 Å². The third kappa shape index (κ3) is 3.68. The Balaban J connectivity index is 2.30. The van der Waals surface area contributed by atoms with Crippen LogP contribution in [0.3, 0.4) is 0 Å². The molecule has 0 bridgehead atoms. The van der Waals surface area contributed by atoms with Crippen LogP contribution in [-0.4, -0.2) is 0 Å². The first-order valence-electron chi connectivity index (χ1n) is 6.76. The van der Waals surface area contributed by atoms with Crippen LogP contribution in [0, 0.1) is 11.7 Å². The predicted octanol–water partition coefficient (Wildman–Crippen LogP) is 4.83. The van der Waals surface area contributed by atoms with Gasteiger partial charge < -0.3 is 5.73 Å². The minimum absolute atomic E-state index is 0.277. The van der Waals surface area contributed by atoms with E-state index < -0.39 is 6.04 Å². The van der Waals surface area contributed by atoms with Gasteiger partial charge in [-0.1, -0.05) is 60.1 Å². The number of hydrogen-bond donors (Lipinski definition) is 1. The summed E-state index contributed by atoms with van der Waals surface area (Å²) in [4.78, 5) is 0. The number of hydrogen-bond acceptors (Lipinski definition) is 1. The van der Waals surface area contributed by atoms with E-state index in [0.717, 1.165) is 16.5 Å². The molecule has 0 aliphatic heterocycles. The zero-order valence-electron chi connectivity index (χ0n) is 11.7. The third-order valence-electron chi connectivity index (χ3n) is 3.25. The number of halogens is 2. The summed E-state index contributed by atoms with van der Waals surface area (Å²) in [6.45, 7) is 4.36. The first-order valence-corrected chi connectivity index (χ1v) is 7.56. The van der Waals surface area contributed by atoms with Gasteiger partial charge in [0.05, 0.1) is 6.04 Å². The lowest BCUT2D eigenvalue weighted by Gasteiger charge is -2.15. The van der Waals surface area contributed by atoms with Crippen LogP contribution < -0.4 is 5.73 Å². The summed E-state index contributed by atoms with van der Waals surface area (Å²) in [6, 6.07) is 12.7. The molecule has 0 radical (unpaired) electrons. The summed E-state index contributed by atoms with van der Waals surface area (Å²) in [5.74, 6) is 0.312. The van der Waals surface area contributed by atoms with Gasteiger partial charge in [-0.2, -0.15) is 0 Å². The molecule has 0 heterocycles. The molecule has 0 fully saturated rings. The molecule has 0 saturated heterocycles. The van der Waals surface area contributed by atoms with E-state index in [1.165, 1.54) is 11.6 Å². The van der Waals surface area contributed by atoms with Gasteiger partial charge in [-0.25, -0.2) is 4.39 Å². The van der Waals surface area contributed by atoms with Crippen molar-refractivity contribution in [3.05, 3.63) is 69.4 Å². The molecule has 0 saturated carbocycles. The Hall–Kier alpha value is -1.19. The van der Waals surface area contributed by atoms with Crippen LogP contribution >= 0.6 is 15.9 Å². The average Bonchev–Trinajstić information content (AvgIpc) is 2.37. The van der Waals surface area contributed by atoms with Crippen LogP contribution in [0.15, 0.2) is 46.9 Å². The minimum atomic E-state index is -0.435. The van der Waals surface area contributed by atoms with E-state index in [9.17, 15) is 4.39 Å². The maximum atomic E-state index is 14.0. The smallest absolute Gasteiger partial charge is 0.129 e. The molecule has 1 unspecified atom stereocenters. The van der Waals surface area contributed by atoms with Gasteiger partial charge in [-0.05, 0) is 35.6 Å². The Kier molecular flexibility index (Phi) is 4.95. The van der Waals surface area contributed by atoms with Crippen LogP contribution in [0.2, 0.25) is 0 Å². The quantitative estimate of drug-likeness (QED) is 0.850. The lowest BCUT2D eigenvalue weighted by molar-refractivity contribution is 0.598. The van der Waals surface area contributed by atoms with Crippen molar-refractivity contribution in [3.63, 3.8) is 0 Å². The second kappa shape index (κ2) is 6.51. The first kappa shape index (κ1) is 15.2. The summed E-state index contributed by atoms with van der Waals surface area (Å²) in [6.07, 6.45) is 1.00. The lowest BCUT2D eigenvalue weighted by atomic mass is 9.95. The van der Waals surface area contributed by atoms with Crippen LogP contribution in [0.4, 0.5) is 4.39 Å². The molecule has 0 spiro atoms. The van der Waals surface area contributed by atoms with Crippen molar-refractivity contribution in [3.8, 4) is 0 Å². The van der Waals surface area contributed by atoms with Crippen molar-refractivity contribution in [2.24, 2.45) is 11.7 Å². The van der Waals surface area contributed by atoms with E-state index in [1.54, 1.807) is 6.07 Å². The van der Waals surface area contributed by atoms with Gasteiger partial charge in [0.15, 0.2) is 0 Å². The third-order valence-corrected chi connectivity index (χ3v) is 3.74. The molecular formula is C17H19BrFN.